The Bertz CT molecular complexity index is 749. The summed E-state index contributed by atoms with van der Waals surface area (Å²) in [6, 6.07) is 10.8. The van der Waals surface area contributed by atoms with E-state index in [1.54, 1.807) is 0 Å². The van der Waals surface area contributed by atoms with Crippen LogP contribution in [0, 0.1) is 23.2 Å². The fourth-order valence-electron chi connectivity index (χ4n) is 4.18. The minimum Gasteiger partial charge on any atom is -0.385 e. The van der Waals surface area contributed by atoms with Gasteiger partial charge in [0.05, 0.1) is 11.6 Å². The van der Waals surface area contributed by atoms with E-state index in [0.29, 0.717) is 23.8 Å². The zero-order chi connectivity index (χ0) is 17.1. The maximum absolute atomic E-state index is 9.20. The number of aliphatic imine (C=N–C) groups is 1. The molecule has 4 heteroatoms. The van der Waals surface area contributed by atoms with Crippen LogP contribution in [-0.4, -0.2) is 25.3 Å². The summed E-state index contributed by atoms with van der Waals surface area (Å²) in [7, 11) is 0. The summed E-state index contributed by atoms with van der Waals surface area (Å²) in [5.74, 6) is 1.17. The van der Waals surface area contributed by atoms with Crippen LogP contribution < -0.4 is 10.6 Å². The van der Waals surface area contributed by atoms with Crippen LogP contribution in [0.25, 0.3) is 0 Å². The highest BCUT2D eigenvalue weighted by Gasteiger charge is 2.32. The molecule has 1 fully saturated rings. The second-order valence-electron chi connectivity index (χ2n) is 7.20. The second-order valence-corrected chi connectivity index (χ2v) is 7.20. The van der Waals surface area contributed by atoms with Crippen molar-refractivity contribution in [3.8, 4) is 6.07 Å². The highest BCUT2D eigenvalue weighted by molar-refractivity contribution is 5.68. The van der Waals surface area contributed by atoms with Crippen LogP contribution in [0.1, 0.15) is 36.3 Å². The predicted molar refractivity (Wildman–Crippen MR) is 100 cm³/mol. The van der Waals surface area contributed by atoms with Crippen LogP contribution in [0.4, 0.5) is 0 Å². The lowest BCUT2D eigenvalue weighted by Gasteiger charge is -2.37. The van der Waals surface area contributed by atoms with Gasteiger partial charge in [0.2, 0.25) is 0 Å². The maximum atomic E-state index is 9.20. The molecule has 2 N–H and O–H groups in total. The van der Waals surface area contributed by atoms with E-state index in [4.69, 9.17) is 0 Å². The molecule has 2 heterocycles. The van der Waals surface area contributed by atoms with Crippen molar-refractivity contribution in [1.82, 2.24) is 10.6 Å². The molecule has 128 valence electrons. The molecule has 0 aromatic heterocycles. The largest absolute Gasteiger partial charge is 0.385 e. The number of allylic oxidation sites excluding steroid dienone is 3. The highest BCUT2D eigenvalue weighted by atomic mass is 15.0. The second kappa shape index (κ2) is 7.25. The lowest BCUT2D eigenvalue weighted by Crippen LogP contribution is -2.43. The smallest absolute Gasteiger partial charge is 0.0991 e. The van der Waals surface area contributed by atoms with Crippen LogP contribution in [0.3, 0.4) is 0 Å². The van der Waals surface area contributed by atoms with Gasteiger partial charge in [-0.1, -0.05) is 24.3 Å². The molecule has 4 nitrogen and oxygen atoms in total. The van der Waals surface area contributed by atoms with Gasteiger partial charge in [0.25, 0.3) is 0 Å². The van der Waals surface area contributed by atoms with E-state index in [-0.39, 0.29) is 0 Å². The Labute approximate surface area is 149 Å². The molecule has 2 aliphatic heterocycles. The molecule has 1 saturated heterocycles. The van der Waals surface area contributed by atoms with Crippen molar-refractivity contribution < 1.29 is 0 Å². The number of hydrogen-bond acceptors (Lipinski definition) is 4. The zero-order valence-electron chi connectivity index (χ0n) is 14.4. The molecule has 1 aromatic rings. The van der Waals surface area contributed by atoms with Crippen LogP contribution >= 0.6 is 0 Å². The van der Waals surface area contributed by atoms with Gasteiger partial charge in [0, 0.05) is 36.0 Å². The molecule has 1 aliphatic carbocycles. The van der Waals surface area contributed by atoms with Gasteiger partial charge in [-0.2, -0.15) is 5.26 Å². The van der Waals surface area contributed by atoms with Gasteiger partial charge in [-0.15, -0.1) is 0 Å². The van der Waals surface area contributed by atoms with Crippen LogP contribution in [-0.2, 0) is 0 Å². The number of hydrogen-bond donors (Lipinski definition) is 2. The number of nitrogens with zero attached hydrogens (tertiary/aromatic N) is 2. The molecule has 3 unspecified atom stereocenters. The lowest BCUT2D eigenvalue weighted by atomic mass is 9.74. The Kier molecular flexibility index (Phi) is 4.67. The van der Waals surface area contributed by atoms with Crippen LogP contribution in [0.5, 0.6) is 0 Å². The van der Waals surface area contributed by atoms with Gasteiger partial charge in [0.1, 0.15) is 0 Å². The highest BCUT2D eigenvalue weighted by Crippen LogP contribution is 2.39. The molecule has 4 rings (SSSR count). The monoisotopic (exact) mass is 332 g/mol. The van der Waals surface area contributed by atoms with Crippen molar-refractivity contribution in [2.24, 2.45) is 16.8 Å². The Hall–Kier alpha value is -2.38. The van der Waals surface area contributed by atoms with Crippen molar-refractivity contribution in [2.75, 3.05) is 13.1 Å². The van der Waals surface area contributed by atoms with E-state index in [9.17, 15) is 5.26 Å². The fraction of sp³-hybridized carbons (Fsp3) is 0.429. The van der Waals surface area contributed by atoms with Crippen LogP contribution in [0.2, 0.25) is 0 Å². The number of benzene rings is 1. The quantitative estimate of drug-likeness (QED) is 0.894. The van der Waals surface area contributed by atoms with Crippen molar-refractivity contribution in [2.45, 2.75) is 31.2 Å². The molecule has 0 spiro atoms. The van der Waals surface area contributed by atoms with Crippen molar-refractivity contribution in [1.29, 1.82) is 5.26 Å². The standard InChI is InChI=1S/C21H24N4/c22-13-15-2-1-3-16(10-15)18-11-17-4-7-24-14-20(17)21(12-18)25-19-5-8-23-9-6-19/h1-4,7,10,12,14,17-20,23,25H,5-6,8-9,11H2. The first kappa shape index (κ1) is 16.1. The lowest BCUT2D eigenvalue weighted by molar-refractivity contribution is 0.373. The Morgan fingerprint density at radius 3 is 2.96 bits per heavy atom. The third-order valence-electron chi connectivity index (χ3n) is 5.55. The van der Waals surface area contributed by atoms with Gasteiger partial charge in [0.15, 0.2) is 0 Å². The number of nitrogens with one attached hydrogen (secondary N) is 2. The molecule has 0 saturated carbocycles. The first-order chi connectivity index (χ1) is 12.3. The third kappa shape index (κ3) is 3.52. The molecule has 3 atom stereocenters. The SMILES string of the molecule is N#Cc1cccc(C2C=C(NC3CCNCC3)C3C=NC=CC3C2)c1. The van der Waals surface area contributed by atoms with E-state index in [1.807, 2.05) is 24.4 Å². The number of rotatable bonds is 3. The van der Waals surface area contributed by atoms with Crippen LogP contribution in [0.15, 0.2) is 53.3 Å². The minimum atomic E-state index is 0.343. The van der Waals surface area contributed by atoms with Gasteiger partial charge < -0.3 is 10.6 Å². The normalized spacial score (nSPS) is 28.8. The Morgan fingerprint density at radius 1 is 1.24 bits per heavy atom. The summed E-state index contributed by atoms with van der Waals surface area (Å²) in [4.78, 5) is 4.39. The summed E-state index contributed by atoms with van der Waals surface area (Å²) >= 11 is 0. The first-order valence-electron chi connectivity index (χ1n) is 9.22. The van der Waals surface area contributed by atoms with Gasteiger partial charge in [-0.3, -0.25) is 4.99 Å². The summed E-state index contributed by atoms with van der Waals surface area (Å²) in [5, 5.41) is 16.4. The Balaban J connectivity index is 1.62. The number of nitriles is 1. The summed E-state index contributed by atoms with van der Waals surface area (Å²) in [6.45, 7) is 2.17. The average Bonchev–Trinajstić information content (AvgIpc) is 2.69. The summed E-state index contributed by atoms with van der Waals surface area (Å²) < 4.78 is 0. The molecular weight excluding hydrogens is 308 g/mol. The van der Waals surface area contributed by atoms with E-state index >= 15 is 0 Å². The third-order valence-corrected chi connectivity index (χ3v) is 5.55. The van der Waals surface area contributed by atoms with Crippen molar-refractivity contribution in [3.63, 3.8) is 0 Å². The fourth-order valence-corrected chi connectivity index (χ4v) is 4.18. The summed E-state index contributed by atoms with van der Waals surface area (Å²) in [5.41, 5.74) is 3.28. The first-order valence-corrected chi connectivity index (χ1v) is 9.22. The summed E-state index contributed by atoms with van der Waals surface area (Å²) in [6.07, 6.45) is 12.0. The molecule has 0 amide bonds. The van der Waals surface area contributed by atoms with Gasteiger partial charge in [-0.05, 0) is 56.0 Å². The predicted octanol–water partition coefficient (Wildman–Crippen LogP) is 3.10. The maximum Gasteiger partial charge on any atom is 0.0991 e. The molecular formula is C21H24N4. The molecule has 25 heavy (non-hydrogen) atoms. The molecule has 3 aliphatic rings. The van der Waals surface area contributed by atoms with Crippen molar-refractivity contribution >= 4 is 6.21 Å². The van der Waals surface area contributed by atoms with Crippen molar-refractivity contribution in [3.05, 3.63) is 59.4 Å². The Morgan fingerprint density at radius 2 is 2.12 bits per heavy atom. The molecule has 1 aromatic carbocycles. The topological polar surface area (TPSA) is 60.2 Å². The minimum absolute atomic E-state index is 0.343. The molecule has 0 radical (unpaired) electrons. The molecule has 0 bridgehead atoms. The number of piperidine rings is 1. The van der Waals surface area contributed by atoms with E-state index in [2.05, 4.69) is 46.1 Å². The average molecular weight is 332 g/mol. The van der Waals surface area contributed by atoms with Gasteiger partial charge >= 0.3 is 0 Å². The van der Waals surface area contributed by atoms with E-state index in [1.165, 1.54) is 11.3 Å². The van der Waals surface area contributed by atoms with Gasteiger partial charge in [-0.25, -0.2) is 0 Å². The zero-order valence-corrected chi connectivity index (χ0v) is 14.4. The van der Waals surface area contributed by atoms with E-state index < -0.39 is 0 Å². The van der Waals surface area contributed by atoms with E-state index in [0.717, 1.165) is 37.9 Å². The number of fused-ring (bicyclic) bond motifs is 1.